The minimum Gasteiger partial charge on any atom is -0.472 e. The standard InChI is InChI=1S/C24H23FN4O2/c1-15-6-9-21(28-13-15)31-20-12-16-7-8-19(20)29(14-16)24(30)22-17(4-2-5-18(22)25)23-26-10-3-11-27-23/h2-6,9-11,13,16,19-20H,7-8,12,14H2,1H3. The van der Waals surface area contributed by atoms with E-state index in [0.717, 1.165) is 24.8 Å². The van der Waals surface area contributed by atoms with Crippen LogP contribution in [-0.4, -0.2) is 44.4 Å². The number of hydrogen-bond donors (Lipinski definition) is 0. The molecule has 3 unspecified atom stereocenters. The molecule has 0 radical (unpaired) electrons. The van der Waals surface area contributed by atoms with Crippen LogP contribution in [0.1, 0.15) is 35.2 Å². The predicted molar refractivity (Wildman–Crippen MR) is 113 cm³/mol. The van der Waals surface area contributed by atoms with Crippen molar-refractivity contribution in [2.75, 3.05) is 6.54 Å². The maximum Gasteiger partial charge on any atom is 0.257 e. The average molecular weight is 418 g/mol. The fraction of sp³-hybridized carbons (Fsp3) is 0.333. The van der Waals surface area contributed by atoms with E-state index >= 15 is 0 Å². The molecule has 3 aromatic rings. The second-order valence-electron chi connectivity index (χ2n) is 8.27. The lowest BCUT2D eigenvalue weighted by Gasteiger charge is -2.49. The molecule has 3 atom stereocenters. The van der Waals surface area contributed by atoms with Crippen LogP contribution in [0.3, 0.4) is 0 Å². The first kappa shape index (κ1) is 19.6. The maximum atomic E-state index is 14.9. The fourth-order valence-corrected chi connectivity index (χ4v) is 4.68. The third kappa shape index (κ3) is 3.76. The molecule has 4 heterocycles. The van der Waals surface area contributed by atoms with Gasteiger partial charge in [-0.05, 0) is 49.8 Å². The van der Waals surface area contributed by atoms with Crippen LogP contribution < -0.4 is 4.74 Å². The van der Waals surface area contributed by atoms with Crippen molar-refractivity contribution in [1.82, 2.24) is 19.9 Å². The summed E-state index contributed by atoms with van der Waals surface area (Å²) in [5.74, 6) is 0.325. The minimum atomic E-state index is -0.561. The van der Waals surface area contributed by atoms with Crippen LogP contribution in [0.25, 0.3) is 11.4 Å². The van der Waals surface area contributed by atoms with E-state index < -0.39 is 5.82 Å². The van der Waals surface area contributed by atoms with Gasteiger partial charge < -0.3 is 9.64 Å². The van der Waals surface area contributed by atoms with Gasteiger partial charge in [0.05, 0.1) is 11.6 Å². The number of piperidine rings is 2. The molecule has 6 nitrogen and oxygen atoms in total. The number of ether oxygens (including phenoxy) is 1. The van der Waals surface area contributed by atoms with Crippen LogP contribution in [0, 0.1) is 18.7 Å². The molecule has 3 fully saturated rings. The quantitative estimate of drug-likeness (QED) is 0.639. The van der Waals surface area contributed by atoms with E-state index in [-0.39, 0.29) is 23.6 Å². The summed E-state index contributed by atoms with van der Waals surface area (Å²) in [6, 6.07) is 9.96. The first-order chi connectivity index (χ1) is 15.1. The van der Waals surface area contributed by atoms with Crippen molar-refractivity contribution in [3.8, 4) is 17.3 Å². The highest BCUT2D eigenvalue weighted by atomic mass is 19.1. The monoisotopic (exact) mass is 418 g/mol. The molecular formula is C24H23FN4O2. The van der Waals surface area contributed by atoms with Crippen LogP contribution in [0.2, 0.25) is 0 Å². The van der Waals surface area contributed by atoms with E-state index in [1.165, 1.54) is 6.07 Å². The van der Waals surface area contributed by atoms with Crippen molar-refractivity contribution in [2.45, 2.75) is 38.3 Å². The third-order valence-corrected chi connectivity index (χ3v) is 6.17. The summed E-state index contributed by atoms with van der Waals surface area (Å²) in [6.45, 7) is 2.58. The summed E-state index contributed by atoms with van der Waals surface area (Å²) < 4.78 is 21.1. The summed E-state index contributed by atoms with van der Waals surface area (Å²) in [6.07, 6.45) is 7.53. The van der Waals surface area contributed by atoms with Gasteiger partial charge in [-0.15, -0.1) is 0 Å². The topological polar surface area (TPSA) is 68.2 Å². The molecule has 6 rings (SSSR count). The highest BCUT2D eigenvalue weighted by molar-refractivity contribution is 6.00. The van der Waals surface area contributed by atoms with Gasteiger partial charge in [0.25, 0.3) is 5.91 Å². The Labute approximate surface area is 180 Å². The molecule has 0 spiro atoms. The molecule has 2 saturated heterocycles. The Hall–Kier alpha value is -3.35. The lowest BCUT2D eigenvalue weighted by Crippen LogP contribution is -2.59. The van der Waals surface area contributed by atoms with Gasteiger partial charge >= 0.3 is 0 Å². The number of fused-ring (bicyclic) bond motifs is 3. The normalized spacial score (nSPS) is 22.4. The smallest absolute Gasteiger partial charge is 0.257 e. The van der Waals surface area contributed by atoms with Crippen LogP contribution in [0.15, 0.2) is 55.0 Å². The average Bonchev–Trinajstić information content (AvgIpc) is 2.81. The first-order valence-corrected chi connectivity index (χ1v) is 10.6. The van der Waals surface area contributed by atoms with Gasteiger partial charge in [0.1, 0.15) is 11.9 Å². The highest BCUT2D eigenvalue weighted by Crippen LogP contribution is 2.38. The van der Waals surface area contributed by atoms with Crippen molar-refractivity contribution < 1.29 is 13.9 Å². The zero-order valence-electron chi connectivity index (χ0n) is 17.2. The Morgan fingerprint density at radius 1 is 1.10 bits per heavy atom. The second-order valence-corrected chi connectivity index (χ2v) is 8.27. The number of benzene rings is 1. The molecule has 1 saturated carbocycles. The Balaban J connectivity index is 1.45. The summed E-state index contributed by atoms with van der Waals surface area (Å²) in [4.78, 5) is 28.2. The van der Waals surface area contributed by atoms with E-state index in [1.807, 2.05) is 19.1 Å². The number of carbonyl (C=O) groups excluding carboxylic acids is 1. The van der Waals surface area contributed by atoms with Gasteiger partial charge in [-0.1, -0.05) is 18.2 Å². The van der Waals surface area contributed by atoms with Crippen LogP contribution >= 0.6 is 0 Å². The molecular weight excluding hydrogens is 395 g/mol. The van der Waals surface area contributed by atoms with Gasteiger partial charge in [0.2, 0.25) is 5.88 Å². The zero-order valence-corrected chi connectivity index (χ0v) is 17.2. The molecule has 1 aliphatic carbocycles. The first-order valence-electron chi connectivity index (χ1n) is 10.6. The second kappa shape index (κ2) is 8.06. The van der Waals surface area contributed by atoms with E-state index in [9.17, 15) is 9.18 Å². The molecule has 1 aromatic carbocycles. The zero-order chi connectivity index (χ0) is 21.4. The predicted octanol–water partition coefficient (Wildman–Crippen LogP) is 4.06. The Bertz CT molecular complexity index is 1090. The third-order valence-electron chi connectivity index (χ3n) is 6.17. The molecule has 7 heteroatoms. The van der Waals surface area contributed by atoms with E-state index in [1.54, 1.807) is 41.7 Å². The largest absolute Gasteiger partial charge is 0.472 e. The number of aryl methyl sites for hydroxylation is 1. The van der Waals surface area contributed by atoms with E-state index in [4.69, 9.17) is 4.74 Å². The van der Waals surface area contributed by atoms with Gasteiger partial charge in [0, 0.05) is 36.8 Å². The molecule has 0 N–H and O–H groups in total. The molecule has 158 valence electrons. The molecule has 31 heavy (non-hydrogen) atoms. The maximum absolute atomic E-state index is 14.9. The molecule has 2 aromatic heterocycles. The summed E-state index contributed by atoms with van der Waals surface area (Å²) in [5, 5.41) is 0. The Kier molecular flexibility index (Phi) is 5.10. The number of carbonyl (C=O) groups is 1. The van der Waals surface area contributed by atoms with Crippen molar-refractivity contribution in [3.63, 3.8) is 0 Å². The summed E-state index contributed by atoms with van der Waals surface area (Å²) in [7, 11) is 0. The number of halogens is 1. The molecule has 2 bridgehead atoms. The SMILES string of the molecule is Cc1ccc(OC2CC3CCC2N(C(=O)c2c(F)cccc2-c2ncccn2)C3)nc1. The van der Waals surface area contributed by atoms with Gasteiger partial charge in [0.15, 0.2) is 5.82 Å². The minimum absolute atomic E-state index is 0.0217. The van der Waals surface area contributed by atoms with E-state index in [2.05, 4.69) is 15.0 Å². The van der Waals surface area contributed by atoms with Crippen molar-refractivity contribution in [1.29, 1.82) is 0 Å². The summed E-state index contributed by atoms with van der Waals surface area (Å²) in [5.41, 5.74) is 1.49. The summed E-state index contributed by atoms with van der Waals surface area (Å²) >= 11 is 0. The van der Waals surface area contributed by atoms with E-state index in [0.29, 0.717) is 29.7 Å². The lowest BCUT2D eigenvalue weighted by molar-refractivity contribution is -0.0315. The number of amides is 1. The lowest BCUT2D eigenvalue weighted by atomic mass is 9.77. The van der Waals surface area contributed by atoms with Crippen LogP contribution in [-0.2, 0) is 0 Å². The van der Waals surface area contributed by atoms with Crippen molar-refractivity contribution in [2.24, 2.45) is 5.92 Å². The Morgan fingerprint density at radius 3 is 2.68 bits per heavy atom. The van der Waals surface area contributed by atoms with Gasteiger partial charge in [-0.25, -0.2) is 19.3 Å². The Morgan fingerprint density at radius 2 is 1.94 bits per heavy atom. The molecule has 1 amide bonds. The van der Waals surface area contributed by atoms with Gasteiger partial charge in [-0.2, -0.15) is 0 Å². The van der Waals surface area contributed by atoms with Crippen LogP contribution in [0.4, 0.5) is 4.39 Å². The van der Waals surface area contributed by atoms with Crippen LogP contribution in [0.5, 0.6) is 5.88 Å². The number of rotatable bonds is 4. The number of hydrogen-bond acceptors (Lipinski definition) is 5. The van der Waals surface area contributed by atoms with Crippen molar-refractivity contribution in [3.05, 3.63) is 71.9 Å². The van der Waals surface area contributed by atoms with Gasteiger partial charge in [-0.3, -0.25) is 4.79 Å². The fourth-order valence-electron chi connectivity index (χ4n) is 4.68. The molecule has 3 aliphatic rings. The number of aromatic nitrogens is 3. The molecule has 2 aliphatic heterocycles. The number of nitrogens with zero attached hydrogens (tertiary/aromatic N) is 4. The number of pyridine rings is 1. The highest BCUT2D eigenvalue weighted by Gasteiger charge is 2.45. The van der Waals surface area contributed by atoms with Crippen molar-refractivity contribution >= 4 is 5.91 Å².